The third-order valence-corrected chi connectivity index (χ3v) is 8.13. The van der Waals surface area contributed by atoms with Gasteiger partial charge in [-0.3, -0.25) is 0 Å². The number of allylic oxidation sites excluding steroid dienone is 2. The van der Waals surface area contributed by atoms with Crippen LogP contribution in [0.15, 0.2) is 121 Å². The van der Waals surface area contributed by atoms with E-state index in [0.717, 1.165) is 0 Å². The fourth-order valence-electron chi connectivity index (χ4n) is 3.84. The number of benzene rings is 4. The van der Waals surface area contributed by atoms with E-state index in [1.165, 1.54) is 42.1 Å². The average Bonchev–Trinajstić information content (AvgIpc) is 3.22. The van der Waals surface area contributed by atoms with Crippen LogP contribution in [0.25, 0.3) is 19.9 Å². The summed E-state index contributed by atoms with van der Waals surface area (Å²) in [7, 11) is 0. The SMILES string of the molecule is c1ccc(C2=C(c3ccccc3)C(c3ccccc3)=C(c3ccccc3)[As]2)cc1. The van der Waals surface area contributed by atoms with Crippen molar-refractivity contribution >= 4 is 35.6 Å². The molecule has 5 rings (SSSR count). The second-order valence-electron chi connectivity index (χ2n) is 7.02. The van der Waals surface area contributed by atoms with Crippen LogP contribution in [0, 0.1) is 0 Å². The van der Waals surface area contributed by atoms with Crippen LogP contribution in [0.3, 0.4) is 0 Å². The molecule has 0 atom stereocenters. The Balaban J connectivity index is 1.81. The minimum absolute atomic E-state index is 0.135. The standard InChI is InChI=1S/C28H20As/c1-5-13-21(14-6-1)25-26(22-15-7-2-8-16-22)28(24-19-11-4-12-20-24)29-27(25)23-17-9-3-10-18-23/h1-20H. The van der Waals surface area contributed by atoms with Gasteiger partial charge in [0, 0.05) is 0 Å². The molecule has 1 radical (unpaired) electrons. The normalized spacial score (nSPS) is 13.8. The summed E-state index contributed by atoms with van der Waals surface area (Å²) in [5.41, 5.74) is 8.05. The quantitative estimate of drug-likeness (QED) is 0.310. The Morgan fingerprint density at radius 1 is 0.310 bits per heavy atom. The van der Waals surface area contributed by atoms with Gasteiger partial charge in [0.05, 0.1) is 0 Å². The van der Waals surface area contributed by atoms with Crippen LogP contribution in [0.2, 0.25) is 0 Å². The number of hydrogen-bond donors (Lipinski definition) is 0. The molecule has 0 spiro atoms. The summed E-state index contributed by atoms with van der Waals surface area (Å²) in [6.45, 7) is 0. The van der Waals surface area contributed by atoms with E-state index >= 15 is 0 Å². The van der Waals surface area contributed by atoms with Gasteiger partial charge in [-0.25, -0.2) is 0 Å². The van der Waals surface area contributed by atoms with E-state index in [0.29, 0.717) is 0 Å². The molecule has 0 amide bonds. The topological polar surface area (TPSA) is 0 Å². The molecule has 29 heavy (non-hydrogen) atoms. The van der Waals surface area contributed by atoms with E-state index in [4.69, 9.17) is 0 Å². The van der Waals surface area contributed by atoms with E-state index in [2.05, 4.69) is 121 Å². The van der Waals surface area contributed by atoms with Crippen molar-refractivity contribution in [3.63, 3.8) is 0 Å². The van der Waals surface area contributed by atoms with Crippen LogP contribution < -0.4 is 0 Å². The molecule has 0 N–H and O–H groups in total. The maximum absolute atomic E-state index is 2.25. The molecule has 0 bridgehead atoms. The van der Waals surface area contributed by atoms with Crippen LogP contribution in [0.4, 0.5) is 0 Å². The van der Waals surface area contributed by atoms with E-state index in [1.807, 2.05) is 0 Å². The van der Waals surface area contributed by atoms with Gasteiger partial charge in [0.2, 0.25) is 0 Å². The van der Waals surface area contributed by atoms with Gasteiger partial charge in [-0.15, -0.1) is 0 Å². The molecule has 4 aromatic carbocycles. The first kappa shape index (κ1) is 18.0. The summed E-state index contributed by atoms with van der Waals surface area (Å²) in [4.78, 5) is 0. The van der Waals surface area contributed by atoms with Crippen molar-refractivity contribution in [1.29, 1.82) is 0 Å². The van der Waals surface area contributed by atoms with Crippen molar-refractivity contribution in [2.45, 2.75) is 0 Å². The van der Waals surface area contributed by atoms with Crippen molar-refractivity contribution < 1.29 is 0 Å². The molecular weight excluding hydrogens is 411 g/mol. The molecule has 0 fully saturated rings. The number of rotatable bonds is 4. The summed E-state index contributed by atoms with van der Waals surface area (Å²) < 4.78 is 2.98. The summed E-state index contributed by atoms with van der Waals surface area (Å²) in [6.07, 6.45) is 0. The molecule has 137 valence electrons. The van der Waals surface area contributed by atoms with Gasteiger partial charge in [-0.05, 0) is 0 Å². The van der Waals surface area contributed by atoms with E-state index < -0.39 is 0 Å². The van der Waals surface area contributed by atoms with E-state index in [1.54, 1.807) is 0 Å². The van der Waals surface area contributed by atoms with E-state index in [9.17, 15) is 0 Å². The van der Waals surface area contributed by atoms with Crippen molar-refractivity contribution in [3.05, 3.63) is 144 Å². The predicted molar refractivity (Wildman–Crippen MR) is 125 cm³/mol. The van der Waals surface area contributed by atoms with Crippen LogP contribution in [0.5, 0.6) is 0 Å². The van der Waals surface area contributed by atoms with Gasteiger partial charge in [0.25, 0.3) is 0 Å². The summed E-state index contributed by atoms with van der Waals surface area (Å²) in [6, 6.07) is 43.6. The van der Waals surface area contributed by atoms with Gasteiger partial charge in [-0.1, -0.05) is 0 Å². The molecule has 1 heteroatoms. The van der Waals surface area contributed by atoms with Gasteiger partial charge in [0.1, 0.15) is 0 Å². The van der Waals surface area contributed by atoms with Crippen LogP contribution in [-0.4, -0.2) is 15.8 Å². The van der Waals surface area contributed by atoms with Gasteiger partial charge in [-0.2, -0.15) is 0 Å². The van der Waals surface area contributed by atoms with Crippen LogP contribution in [0.1, 0.15) is 22.3 Å². The van der Waals surface area contributed by atoms with Crippen molar-refractivity contribution in [2.75, 3.05) is 0 Å². The first-order chi connectivity index (χ1) is 14.4. The molecule has 0 aliphatic carbocycles. The van der Waals surface area contributed by atoms with Crippen molar-refractivity contribution in [2.24, 2.45) is 0 Å². The minimum atomic E-state index is -0.135. The second-order valence-corrected chi connectivity index (χ2v) is 9.37. The molecule has 1 heterocycles. The fraction of sp³-hybridized carbons (Fsp3) is 0. The van der Waals surface area contributed by atoms with E-state index in [-0.39, 0.29) is 15.8 Å². The average molecular weight is 431 g/mol. The Hall–Kier alpha value is -3.08. The molecule has 1 aliphatic rings. The van der Waals surface area contributed by atoms with Gasteiger partial charge < -0.3 is 0 Å². The zero-order chi connectivity index (χ0) is 19.5. The Morgan fingerprint density at radius 2 is 0.586 bits per heavy atom. The Bertz CT molecular complexity index is 1080. The Morgan fingerprint density at radius 3 is 0.897 bits per heavy atom. The zero-order valence-corrected chi connectivity index (χ0v) is 17.9. The summed E-state index contributed by atoms with van der Waals surface area (Å²) in [5.74, 6) is 0. The third kappa shape index (κ3) is 3.53. The maximum atomic E-state index is 2.25. The molecule has 0 nitrogen and oxygen atoms in total. The molecule has 4 aromatic rings. The Kier molecular flexibility index (Phi) is 5.03. The van der Waals surface area contributed by atoms with Gasteiger partial charge in [0.15, 0.2) is 0 Å². The molecule has 0 unspecified atom stereocenters. The molecule has 0 aromatic heterocycles. The van der Waals surface area contributed by atoms with Gasteiger partial charge >= 0.3 is 179 Å². The van der Waals surface area contributed by atoms with Crippen LogP contribution >= 0.6 is 0 Å². The predicted octanol–water partition coefficient (Wildman–Crippen LogP) is 6.84. The fourth-order valence-corrected chi connectivity index (χ4v) is 6.96. The monoisotopic (exact) mass is 431 g/mol. The zero-order valence-electron chi connectivity index (χ0n) is 16.0. The van der Waals surface area contributed by atoms with Crippen molar-refractivity contribution in [1.82, 2.24) is 0 Å². The van der Waals surface area contributed by atoms with Crippen LogP contribution in [-0.2, 0) is 0 Å². The molecule has 1 aliphatic heterocycles. The molecule has 0 saturated carbocycles. The third-order valence-electron chi connectivity index (χ3n) is 5.17. The molecular formula is C28H20As. The first-order valence-corrected chi connectivity index (χ1v) is 11.7. The Labute approximate surface area is 178 Å². The second kappa shape index (κ2) is 8.11. The molecule has 0 saturated heterocycles. The summed E-state index contributed by atoms with van der Waals surface area (Å²) in [5, 5.41) is 0. The van der Waals surface area contributed by atoms with Crippen molar-refractivity contribution in [3.8, 4) is 0 Å². The number of hydrogen-bond acceptors (Lipinski definition) is 0. The first-order valence-electron chi connectivity index (χ1n) is 9.84. The summed E-state index contributed by atoms with van der Waals surface area (Å²) >= 11 is -0.135.